The van der Waals surface area contributed by atoms with E-state index < -0.39 is 22.1 Å². The van der Waals surface area contributed by atoms with Crippen molar-refractivity contribution in [3.63, 3.8) is 0 Å². The molecule has 0 saturated heterocycles. The molecule has 2 aromatic rings. The fourth-order valence-corrected chi connectivity index (χ4v) is 3.58. The molecule has 0 bridgehead atoms. The summed E-state index contributed by atoms with van der Waals surface area (Å²) in [4.78, 5) is 12.3. The van der Waals surface area contributed by atoms with Crippen LogP contribution in [0.3, 0.4) is 0 Å². The van der Waals surface area contributed by atoms with E-state index in [2.05, 4.69) is 15.4 Å². The van der Waals surface area contributed by atoms with Crippen molar-refractivity contribution in [1.82, 2.24) is 10.0 Å². The van der Waals surface area contributed by atoms with E-state index in [0.29, 0.717) is 11.4 Å². The van der Waals surface area contributed by atoms with Crippen molar-refractivity contribution in [2.45, 2.75) is 11.1 Å². The average Bonchev–Trinajstić information content (AvgIpc) is 2.59. The lowest BCUT2D eigenvalue weighted by atomic mass is 10.3. The summed E-state index contributed by atoms with van der Waals surface area (Å²) in [6.07, 6.45) is -1.05. The molecule has 0 spiro atoms. The summed E-state index contributed by atoms with van der Waals surface area (Å²) < 4.78 is 32.1. The number of amides is 1. The normalized spacial score (nSPS) is 18.1. The Morgan fingerprint density at radius 3 is 2.58 bits per heavy atom. The zero-order valence-corrected chi connectivity index (χ0v) is 13.5. The molecule has 0 aliphatic carbocycles. The number of anilines is 1. The van der Waals surface area contributed by atoms with Gasteiger partial charge < -0.3 is 15.4 Å². The number of fused-ring (bicyclic) bond motifs is 1. The SMILES string of the molecule is O=C(NCCOc1ccccc1)[C@@H]1Nc2ccccc2S(=O)(=O)N1. The number of benzene rings is 2. The lowest BCUT2D eigenvalue weighted by Gasteiger charge is -2.27. The second-order valence-electron chi connectivity index (χ2n) is 5.15. The second-order valence-corrected chi connectivity index (χ2v) is 6.83. The molecule has 126 valence electrons. The molecule has 0 fully saturated rings. The largest absolute Gasteiger partial charge is 0.492 e. The van der Waals surface area contributed by atoms with Crippen molar-refractivity contribution in [2.75, 3.05) is 18.5 Å². The van der Waals surface area contributed by atoms with Gasteiger partial charge in [0.15, 0.2) is 6.17 Å². The van der Waals surface area contributed by atoms with Gasteiger partial charge in [-0.3, -0.25) is 4.79 Å². The van der Waals surface area contributed by atoms with Crippen LogP contribution in [0.25, 0.3) is 0 Å². The number of sulfonamides is 1. The fraction of sp³-hybridized carbons (Fsp3) is 0.188. The Morgan fingerprint density at radius 2 is 1.79 bits per heavy atom. The van der Waals surface area contributed by atoms with Crippen molar-refractivity contribution in [3.05, 3.63) is 54.6 Å². The number of para-hydroxylation sites is 2. The Hall–Kier alpha value is -2.58. The van der Waals surface area contributed by atoms with Gasteiger partial charge in [0.05, 0.1) is 12.2 Å². The quantitative estimate of drug-likeness (QED) is 0.699. The molecular formula is C16H17N3O4S. The molecule has 0 saturated carbocycles. The molecule has 3 N–H and O–H groups in total. The van der Waals surface area contributed by atoms with E-state index in [9.17, 15) is 13.2 Å². The maximum Gasteiger partial charge on any atom is 0.258 e. The van der Waals surface area contributed by atoms with E-state index in [4.69, 9.17) is 4.74 Å². The van der Waals surface area contributed by atoms with Crippen LogP contribution < -0.4 is 20.1 Å². The van der Waals surface area contributed by atoms with E-state index in [0.717, 1.165) is 0 Å². The lowest BCUT2D eigenvalue weighted by molar-refractivity contribution is -0.122. The Kier molecular flexibility index (Phi) is 4.68. The molecule has 0 unspecified atom stereocenters. The van der Waals surface area contributed by atoms with Crippen molar-refractivity contribution in [3.8, 4) is 5.75 Å². The van der Waals surface area contributed by atoms with Gasteiger partial charge in [0.1, 0.15) is 17.3 Å². The van der Waals surface area contributed by atoms with Gasteiger partial charge in [-0.1, -0.05) is 30.3 Å². The molecule has 3 rings (SSSR count). The highest BCUT2D eigenvalue weighted by atomic mass is 32.2. The lowest BCUT2D eigenvalue weighted by Crippen LogP contribution is -2.54. The zero-order valence-electron chi connectivity index (χ0n) is 12.7. The molecule has 1 amide bonds. The first-order valence-electron chi connectivity index (χ1n) is 7.40. The van der Waals surface area contributed by atoms with Crippen LogP contribution in [0.1, 0.15) is 0 Å². The van der Waals surface area contributed by atoms with Crippen LogP contribution in [0.5, 0.6) is 5.75 Å². The van der Waals surface area contributed by atoms with Gasteiger partial charge in [-0.2, -0.15) is 4.72 Å². The first kappa shape index (κ1) is 16.3. The molecule has 2 aromatic carbocycles. The van der Waals surface area contributed by atoms with E-state index in [1.54, 1.807) is 18.2 Å². The molecular weight excluding hydrogens is 330 g/mol. The van der Waals surface area contributed by atoms with E-state index in [1.807, 2.05) is 30.3 Å². The van der Waals surface area contributed by atoms with Crippen LogP contribution in [0.15, 0.2) is 59.5 Å². The molecule has 1 heterocycles. The molecule has 8 heteroatoms. The second kappa shape index (κ2) is 6.90. The number of rotatable bonds is 5. The van der Waals surface area contributed by atoms with Crippen LogP contribution in [0.4, 0.5) is 5.69 Å². The predicted molar refractivity (Wildman–Crippen MR) is 89.1 cm³/mol. The van der Waals surface area contributed by atoms with Crippen molar-refractivity contribution >= 4 is 21.6 Å². The first-order valence-corrected chi connectivity index (χ1v) is 8.88. The Bertz CT molecular complexity index is 824. The fourth-order valence-electron chi connectivity index (χ4n) is 2.30. The van der Waals surface area contributed by atoms with Crippen molar-refractivity contribution < 1.29 is 17.9 Å². The van der Waals surface area contributed by atoms with Gasteiger partial charge in [0.2, 0.25) is 10.0 Å². The summed E-state index contributed by atoms with van der Waals surface area (Å²) in [6, 6.07) is 15.6. The standard InChI is InChI=1S/C16H17N3O4S/c20-16(17-10-11-23-12-6-2-1-3-7-12)15-18-13-8-4-5-9-14(13)24(21,22)19-15/h1-9,15,18-19H,10-11H2,(H,17,20)/t15-/m1/s1. The monoisotopic (exact) mass is 347 g/mol. The smallest absolute Gasteiger partial charge is 0.258 e. The number of hydrogen-bond donors (Lipinski definition) is 3. The van der Waals surface area contributed by atoms with Crippen LogP contribution in [0.2, 0.25) is 0 Å². The summed E-state index contributed by atoms with van der Waals surface area (Å²) in [5.74, 6) is 0.238. The minimum Gasteiger partial charge on any atom is -0.492 e. The maximum atomic E-state index is 12.2. The zero-order chi connectivity index (χ0) is 17.0. The third-order valence-corrected chi connectivity index (χ3v) is 4.91. The Labute approximate surface area is 140 Å². The number of ether oxygens (including phenoxy) is 1. The topological polar surface area (TPSA) is 96.5 Å². The average molecular weight is 347 g/mol. The van der Waals surface area contributed by atoms with E-state index >= 15 is 0 Å². The van der Waals surface area contributed by atoms with Crippen molar-refractivity contribution in [1.29, 1.82) is 0 Å². The van der Waals surface area contributed by atoms with Gasteiger partial charge in [0, 0.05) is 0 Å². The van der Waals surface area contributed by atoms with Gasteiger partial charge in [-0.25, -0.2) is 8.42 Å². The summed E-state index contributed by atoms with van der Waals surface area (Å²) in [6.45, 7) is 0.543. The minimum absolute atomic E-state index is 0.126. The highest BCUT2D eigenvalue weighted by Gasteiger charge is 2.32. The molecule has 1 aliphatic rings. The van der Waals surface area contributed by atoms with Crippen LogP contribution >= 0.6 is 0 Å². The van der Waals surface area contributed by atoms with Gasteiger partial charge in [-0.15, -0.1) is 0 Å². The molecule has 24 heavy (non-hydrogen) atoms. The van der Waals surface area contributed by atoms with Crippen LogP contribution in [-0.2, 0) is 14.8 Å². The number of carbonyl (C=O) groups is 1. The first-order chi connectivity index (χ1) is 11.6. The van der Waals surface area contributed by atoms with Gasteiger partial charge in [-0.05, 0) is 24.3 Å². The highest BCUT2D eigenvalue weighted by molar-refractivity contribution is 7.89. The Balaban J connectivity index is 1.55. The summed E-state index contributed by atoms with van der Waals surface area (Å²) >= 11 is 0. The third-order valence-electron chi connectivity index (χ3n) is 3.42. The maximum absolute atomic E-state index is 12.2. The molecule has 1 aliphatic heterocycles. The van der Waals surface area contributed by atoms with E-state index in [1.165, 1.54) is 6.07 Å². The van der Waals surface area contributed by atoms with Crippen LogP contribution in [0, 0.1) is 0 Å². The molecule has 1 atom stereocenters. The van der Waals surface area contributed by atoms with Gasteiger partial charge >= 0.3 is 0 Å². The summed E-state index contributed by atoms with van der Waals surface area (Å²) in [5.41, 5.74) is 0.400. The molecule has 7 nitrogen and oxygen atoms in total. The number of nitrogens with one attached hydrogen (secondary N) is 3. The third kappa shape index (κ3) is 3.66. The van der Waals surface area contributed by atoms with Crippen LogP contribution in [-0.4, -0.2) is 33.6 Å². The number of hydrogen-bond acceptors (Lipinski definition) is 5. The molecule has 0 aromatic heterocycles. The summed E-state index contributed by atoms with van der Waals surface area (Å²) in [5, 5.41) is 5.51. The Morgan fingerprint density at radius 1 is 1.08 bits per heavy atom. The van der Waals surface area contributed by atoms with E-state index in [-0.39, 0.29) is 18.0 Å². The molecule has 0 radical (unpaired) electrons. The van der Waals surface area contributed by atoms with Gasteiger partial charge in [0.25, 0.3) is 5.91 Å². The van der Waals surface area contributed by atoms with Crippen molar-refractivity contribution in [2.24, 2.45) is 0 Å². The highest BCUT2D eigenvalue weighted by Crippen LogP contribution is 2.25. The predicted octanol–water partition coefficient (Wildman–Crippen LogP) is 0.912. The number of carbonyl (C=O) groups excluding carboxylic acids is 1. The minimum atomic E-state index is -3.71. The summed E-state index contributed by atoms with van der Waals surface area (Å²) in [7, 11) is -3.71.